The molecule has 0 aliphatic carbocycles. The third-order valence-corrected chi connectivity index (χ3v) is 7.21. The Balaban J connectivity index is 1.71. The van der Waals surface area contributed by atoms with Crippen molar-refractivity contribution in [3.05, 3.63) is 71.9 Å². The first kappa shape index (κ1) is 33.7. The monoisotopic (exact) mass is 608 g/mol. The Labute approximate surface area is 254 Å². The second-order valence-corrected chi connectivity index (χ2v) is 10.6. The minimum absolute atomic E-state index is 0.0202. The highest BCUT2D eigenvalue weighted by Gasteiger charge is 2.31. The van der Waals surface area contributed by atoms with E-state index in [1.54, 1.807) is 36.5 Å². The number of para-hydroxylation sites is 1. The van der Waals surface area contributed by atoms with E-state index in [0.717, 1.165) is 16.5 Å². The largest absolute Gasteiger partial charge is 0.481 e. The topological polar surface area (TPSA) is 230 Å². The molecular formula is C31H40N6O7. The summed E-state index contributed by atoms with van der Waals surface area (Å²) >= 11 is 0. The number of nitrogens with two attached hydrogens (primary N) is 2. The zero-order valence-corrected chi connectivity index (χ0v) is 24.3. The van der Waals surface area contributed by atoms with Crippen LogP contribution < -0.4 is 27.4 Å². The highest BCUT2D eigenvalue weighted by molar-refractivity contribution is 5.94. The Morgan fingerprint density at radius 2 is 1.36 bits per heavy atom. The van der Waals surface area contributed by atoms with E-state index < -0.39 is 60.2 Å². The molecule has 2 aromatic carbocycles. The summed E-state index contributed by atoms with van der Waals surface area (Å²) in [5.41, 5.74) is 14.2. The fourth-order valence-corrected chi connectivity index (χ4v) is 4.80. The number of fused-ring (bicyclic) bond motifs is 1. The van der Waals surface area contributed by atoms with E-state index in [4.69, 9.17) is 11.5 Å². The molecule has 44 heavy (non-hydrogen) atoms. The number of hydrogen-bond donors (Lipinski definition) is 8. The molecule has 0 saturated carbocycles. The number of benzene rings is 2. The van der Waals surface area contributed by atoms with Crippen LogP contribution in [0, 0.1) is 0 Å². The van der Waals surface area contributed by atoms with Crippen molar-refractivity contribution in [3.8, 4) is 0 Å². The molecule has 3 rings (SSSR count). The van der Waals surface area contributed by atoms with Crippen LogP contribution in [0.4, 0.5) is 0 Å². The molecule has 0 fully saturated rings. The normalized spacial score (nSPS) is 13.8. The summed E-state index contributed by atoms with van der Waals surface area (Å²) < 4.78 is 0. The van der Waals surface area contributed by atoms with E-state index in [1.165, 1.54) is 0 Å². The van der Waals surface area contributed by atoms with Gasteiger partial charge in [0.1, 0.15) is 18.1 Å². The van der Waals surface area contributed by atoms with Crippen molar-refractivity contribution >= 4 is 40.6 Å². The summed E-state index contributed by atoms with van der Waals surface area (Å²) in [6.07, 6.45) is 2.44. The number of carboxylic acid groups (broad SMARTS) is 2. The Morgan fingerprint density at radius 1 is 0.750 bits per heavy atom. The lowest BCUT2D eigenvalue weighted by atomic mass is 10.0. The quantitative estimate of drug-likeness (QED) is 0.0954. The maximum absolute atomic E-state index is 13.4. The van der Waals surface area contributed by atoms with E-state index in [1.807, 2.05) is 24.3 Å². The van der Waals surface area contributed by atoms with E-state index in [0.29, 0.717) is 24.9 Å². The number of hydrogen-bond acceptors (Lipinski definition) is 7. The first-order chi connectivity index (χ1) is 21.1. The molecule has 236 valence electrons. The number of aliphatic carboxylic acids is 2. The highest BCUT2D eigenvalue weighted by Crippen LogP contribution is 2.19. The van der Waals surface area contributed by atoms with Gasteiger partial charge in [0.15, 0.2) is 0 Å². The molecule has 10 N–H and O–H groups in total. The predicted octanol–water partition coefficient (Wildman–Crippen LogP) is 0.813. The summed E-state index contributed by atoms with van der Waals surface area (Å²) in [7, 11) is 0. The summed E-state index contributed by atoms with van der Waals surface area (Å²) in [5.74, 6) is -4.65. The Hall–Kier alpha value is -4.75. The lowest BCUT2D eigenvalue weighted by Gasteiger charge is -2.25. The van der Waals surface area contributed by atoms with Crippen LogP contribution in [-0.4, -0.2) is 75.6 Å². The highest BCUT2D eigenvalue weighted by atomic mass is 16.4. The van der Waals surface area contributed by atoms with E-state index in [-0.39, 0.29) is 25.7 Å². The molecular weight excluding hydrogens is 568 g/mol. The Morgan fingerprint density at radius 3 is 2.02 bits per heavy atom. The molecule has 0 saturated heterocycles. The number of carbonyl (C=O) groups excluding carboxylic acids is 3. The van der Waals surface area contributed by atoms with Crippen molar-refractivity contribution in [2.75, 3.05) is 6.54 Å². The average Bonchev–Trinajstić information content (AvgIpc) is 3.41. The van der Waals surface area contributed by atoms with Crippen LogP contribution in [0.2, 0.25) is 0 Å². The standard InChI is InChI=1S/C31H40N6O7/c32-15-7-6-12-24(35-28(40)22(33)17-20-18-34-23-11-5-4-10-21(20)23)29(41)36-25(13-14-27(38)39)30(42)37-26(31(43)44)16-19-8-2-1-3-9-19/h1-5,8-11,18,22,24-26,34H,6-7,12-17,32-33H2,(H,35,40)(H,36,41)(H,37,42)(H,38,39)(H,43,44). The number of amides is 3. The predicted molar refractivity (Wildman–Crippen MR) is 163 cm³/mol. The van der Waals surface area contributed by atoms with Crippen LogP contribution in [0.5, 0.6) is 0 Å². The third kappa shape index (κ3) is 10.2. The van der Waals surface area contributed by atoms with Gasteiger partial charge in [-0.15, -0.1) is 0 Å². The molecule has 13 nitrogen and oxygen atoms in total. The lowest BCUT2D eigenvalue weighted by molar-refractivity contribution is -0.143. The fraction of sp³-hybridized carbons (Fsp3) is 0.387. The summed E-state index contributed by atoms with van der Waals surface area (Å²) in [5, 5.41) is 27.5. The summed E-state index contributed by atoms with van der Waals surface area (Å²) in [6, 6.07) is 11.5. The molecule has 4 unspecified atom stereocenters. The van der Waals surface area contributed by atoms with Gasteiger partial charge in [-0.1, -0.05) is 48.5 Å². The molecule has 0 spiro atoms. The van der Waals surface area contributed by atoms with Crippen molar-refractivity contribution in [2.24, 2.45) is 11.5 Å². The average molecular weight is 609 g/mol. The van der Waals surface area contributed by atoms with Gasteiger partial charge in [0.05, 0.1) is 6.04 Å². The molecule has 1 aromatic heterocycles. The maximum Gasteiger partial charge on any atom is 0.326 e. The van der Waals surface area contributed by atoms with E-state index in [9.17, 15) is 34.2 Å². The van der Waals surface area contributed by atoms with Crippen molar-refractivity contribution in [1.29, 1.82) is 0 Å². The number of aromatic nitrogens is 1. The number of carboxylic acids is 2. The molecule has 0 aliphatic heterocycles. The van der Waals surface area contributed by atoms with Gasteiger partial charge in [-0.2, -0.15) is 0 Å². The first-order valence-electron chi connectivity index (χ1n) is 14.5. The van der Waals surface area contributed by atoms with Crippen LogP contribution in [0.1, 0.15) is 43.2 Å². The SMILES string of the molecule is NCCCCC(NC(=O)C(N)Cc1c[nH]c2ccccc12)C(=O)NC(CCC(=O)O)C(=O)NC(Cc1ccccc1)C(=O)O. The smallest absolute Gasteiger partial charge is 0.326 e. The molecule has 0 aliphatic rings. The second-order valence-electron chi connectivity index (χ2n) is 10.6. The van der Waals surface area contributed by atoms with Crippen molar-refractivity contribution < 1.29 is 34.2 Å². The molecule has 0 radical (unpaired) electrons. The molecule has 3 amide bonds. The van der Waals surface area contributed by atoms with Crippen LogP contribution in [0.15, 0.2) is 60.8 Å². The van der Waals surface area contributed by atoms with Gasteiger partial charge in [-0.25, -0.2) is 4.79 Å². The zero-order chi connectivity index (χ0) is 32.1. The molecule has 1 heterocycles. The molecule has 3 aromatic rings. The van der Waals surface area contributed by atoms with Crippen molar-refractivity contribution in [1.82, 2.24) is 20.9 Å². The lowest BCUT2D eigenvalue weighted by Crippen LogP contribution is -2.57. The van der Waals surface area contributed by atoms with E-state index >= 15 is 0 Å². The summed E-state index contributed by atoms with van der Waals surface area (Å²) in [6.45, 7) is 0.365. The number of unbranched alkanes of at least 4 members (excludes halogenated alkanes) is 1. The van der Waals surface area contributed by atoms with Crippen LogP contribution in [0.25, 0.3) is 10.9 Å². The number of aromatic amines is 1. The Kier molecular flexibility index (Phi) is 12.9. The number of carbonyl (C=O) groups is 5. The van der Waals surface area contributed by atoms with Gasteiger partial charge >= 0.3 is 11.9 Å². The van der Waals surface area contributed by atoms with Gasteiger partial charge in [-0.05, 0) is 55.8 Å². The summed E-state index contributed by atoms with van der Waals surface area (Å²) in [4.78, 5) is 66.0. The number of nitrogens with one attached hydrogen (secondary N) is 4. The fourth-order valence-electron chi connectivity index (χ4n) is 4.80. The minimum Gasteiger partial charge on any atom is -0.481 e. The maximum atomic E-state index is 13.4. The van der Waals surface area contributed by atoms with Gasteiger partial charge in [0, 0.05) is 29.9 Å². The van der Waals surface area contributed by atoms with Crippen molar-refractivity contribution in [3.63, 3.8) is 0 Å². The molecule has 0 bridgehead atoms. The van der Waals surface area contributed by atoms with Crippen LogP contribution in [-0.2, 0) is 36.8 Å². The first-order valence-corrected chi connectivity index (χ1v) is 14.5. The van der Waals surface area contributed by atoms with Crippen LogP contribution >= 0.6 is 0 Å². The third-order valence-electron chi connectivity index (χ3n) is 7.21. The Bertz CT molecular complexity index is 1430. The zero-order valence-electron chi connectivity index (χ0n) is 24.3. The van der Waals surface area contributed by atoms with Gasteiger partial charge in [0.25, 0.3) is 0 Å². The minimum atomic E-state index is -1.37. The van der Waals surface area contributed by atoms with Crippen molar-refractivity contribution in [2.45, 2.75) is 69.1 Å². The van der Waals surface area contributed by atoms with Gasteiger partial charge < -0.3 is 42.6 Å². The molecule has 4 atom stereocenters. The molecule has 13 heteroatoms. The van der Waals surface area contributed by atoms with Gasteiger partial charge in [0.2, 0.25) is 17.7 Å². The van der Waals surface area contributed by atoms with E-state index in [2.05, 4.69) is 20.9 Å². The second kappa shape index (κ2) is 16.8. The van der Waals surface area contributed by atoms with Gasteiger partial charge in [-0.3, -0.25) is 19.2 Å². The number of rotatable bonds is 18. The number of H-pyrrole nitrogens is 1. The van der Waals surface area contributed by atoms with Crippen LogP contribution in [0.3, 0.4) is 0 Å².